The van der Waals surface area contributed by atoms with Crippen LogP contribution < -0.4 is 4.74 Å². The number of carbonyl (C=O) groups is 2. The number of hydrogen-bond acceptors (Lipinski definition) is 4. The van der Waals surface area contributed by atoms with E-state index in [1.807, 2.05) is 18.7 Å². The molecule has 2 aromatic carbocycles. The van der Waals surface area contributed by atoms with Crippen molar-refractivity contribution >= 4 is 23.5 Å². The molecule has 1 aliphatic rings. The van der Waals surface area contributed by atoms with Crippen molar-refractivity contribution < 1.29 is 23.5 Å². The van der Waals surface area contributed by atoms with Gasteiger partial charge in [-0.2, -0.15) is 0 Å². The molecule has 160 valence electrons. The molecule has 0 N–H and O–H groups in total. The number of carbonyl (C=O) groups excluding carboxylic acids is 2. The fourth-order valence-corrected chi connectivity index (χ4v) is 3.98. The van der Waals surface area contributed by atoms with Gasteiger partial charge in [-0.05, 0) is 69.5 Å². The van der Waals surface area contributed by atoms with E-state index in [4.69, 9.17) is 16.3 Å². The molecule has 1 fully saturated rings. The second-order valence-corrected chi connectivity index (χ2v) is 8.40. The molecule has 0 bridgehead atoms. The molecule has 30 heavy (non-hydrogen) atoms. The zero-order chi connectivity index (χ0) is 22.1. The first-order valence-electron chi connectivity index (χ1n) is 9.80. The van der Waals surface area contributed by atoms with Crippen molar-refractivity contribution in [1.29, 1.82) is 0 Å². The highest BCUT2D eigenvalue weighted by atomic mass is 35.5. The van der Waals surface area contributed by atoms with Crippen LogP contribution in [0.5, 0.6) is 5.75 Å². The minimum absolute atomic E-state index is 0.121. The second-order valence-electron chi connectivity index (χ2n) is 7.99. The quantitative estimate of drug-likeness (QED) is 0.615. The topological polar surface area (TPSA) is 55.8 Å². The predicted molar refractivity (Wildman–Crippen MR) is 113 cm³/mol. The Morgan fingerprint density at radius 1 is 1.20 bits per heavy atom. The van der Waals surface area contributed by atoms with Gasteiger partial charge in [0.25, 0.3) is 5.91 Å². The SMILES string of the molecule is COC(=O)[C@H](C)Oc1ccc(F)cc1-c1ccc(C(=O)N2CCCC2(C)C)c(Cl)c1. The molecule has 3 rings (SSSR count). The lowest BCUT2D eigenvalue weighted by Crippen LogP contribution is -2.42. The Morgan fingerprint density at radius 3 is 2.53 bits per heavy atom. The third-order valence-electron chi connectivity index (χ3n) is 5.44. The van der Waals surface area contributed by atoms with E-state index in [0.717, 1.165) is 12.8 Å². The number of likely N-dealkylation sites (tertiary alicyclic amines) is 1. The number of amides is 1. The van der Waals surface area contributed by atoms with Crippen LogP contribution in [-0.4, -0.2) is 42.1 Å². The van der Waals surface area contributed by atoms with E-state index in [2.05, 4.69) is 4.74 Å². The molecule has 0 spiro atoms. The van der Waals surface area contributed by atoms with Crippen LogP contribution in [0.2, 0.25) is 5.02 Å². The van der Waals surface area contributed by atoms with Crippen LogP contribution in [-0.2, 0) is 9.53 Å². The Hall–Kier alpha value is -2.60. The molecule has 1 saturated heterocycles. The highest BCUT2D eigenvalue weighted by molar-refractivity contribution is 6.34. The van der Waals surface area contributed by atoms with Crippen LogP contribution in [0, 0.1) is 5.82 Å². The average molecular weight is 434 g/mol. The van der Waals surface area contributed by atoms with Crippen LogP contribution in [0.1, 0.15) is 44.0 Å². The molecule has 1 atom stereocenters. The minimum Gasteiger partial charge on any atom is -0.478 e. The zero-order valence-corrected chi connectivity index (χ0v) is 18.3. The molecule has 0 aromatic heterocycles. The van der Waals surface area contributed by atoms with Crippen molar-refractivity contribution in [1.82, 2.24) is 4.90 Å². The maximum absolute atomic E-state index is 14.0. The summed E-state index contributed by atoms with van der Waals surface area (Å²) in [5.74, 6) is -0.815. The zero-order valence-electron chi connectivity index (χ0n) is 17.5. The number of halogens is 2. The maximum Gasteiger partial charge on any atom is 0.346 e. The first-order chi connectivity index (χ1) is 14.1. The maximum atomic E-state index is 14.0. The summed E-state index contributed by atoms with van der Waals surface area (Å²) in [6.07, 6.45) is 1.03. The van der Waals surface area contributed by atoms with Crippen molar-refractivity contribution in [3.05, 3.63) is 52.8 Å². The first-order valence-corrected chi connectivity index (χ1v) is 10.2. The molecule has 1 aliphatic heterocycles. The van der Waals surface area contributed by atoms with Gasteiger partial charge in [0.2, 0.25) is 0 Å². The lowest BCUT2D eigenvalue weighted by atomic mass is 9.99. The molecular formula is C23H25ClFNO4. The summed E-state index contributed by atoms with van der Waals surface area (Å²) >= 11 is 6.46. The Bertz CT molecular complexity index is 976. The number of esters is 1. The number of rotatable bonds is 5. The average Bonchev–Trinajstić information content (AvgIpc) is 3.06. The fraction of sp³-hybridized carbons (Fsp3) is 0.391. The van der Waals surface area contributed by atoms with Gasteiger partial charge >= 0.3 is 5.97 Å². The van der Waals surface area contributed by atoms with Crippen LogP contribution in [0.3, 0.4) is 0 Å². The van der Waals surface area contributed by atoms with Gasteiger partial charge in [-0.3, -0.25) is 4.79 Å². The highest BCUT2D eigenvalue weighted by Crippen LogP contribution is 2.36. The van der Waals surface area contributed by atoms with Crippen molar-refractivity contribution in [3.8, 4) is 16.9 Å². The van der Waals surface area contributed by atoms with E-state index >= 15 is 0 Å². The van der Waals surface area contributed by atoms with Crippen LogP contribution in [0.25, 0.3) is 11.1 Å². The molecule has 0 saturated carbocycles. The van der Waals surface area contributed by atoms with E-state index in [-0.39, 0.29) is 16.5 Å². The van der Waals surface area contributed by atoms with E-state index < -0.39 is 17.9 Å². The summed E-state index contributed by atoms with van der Waals surface area (Å²) in [4.78, 5) is 26.5. The lowest BCUT2D eigenvalue weighted by molar-refractivity contribution is -0.147. The summed E-state index contributed by atoms with van der Waals surface area (Å²) < 4.78 is 24.3. The fourth-order valence-electron chi connectivity index (χ4n) is 3.72. The van der Waals surface area contributed by atoms with E-state index in [1.54, 1.807) is 25.1 Å². The molecule has 1 heterocycles. The Morgan fingerprint density at radius 2 is 1.93 bits per heavy atom. The molecule has 0 aliphatic carbocycles. The Labute approximate surface area is 180 Å². The van der Waals surface area contributed by atoms with Gasteiger partial charge in [-0.15, -0.1) is 0 Å². The summed E-state index contributed by atoms with van der Waals surface area (Å²) in [6, 6.07) is 8.96. The summed E-state index contributed by atoms with van der Waals surface area (Å²) in [5, 5.41) is 0.274. The van der Waals surface area contributed by atoms with Gasteiger partial charge in [-0.25, -0.2) is 9.18 Å². The van der Waals surface area contributed by atoms with Crippen molar-refractivity contribution in [2.75, 3.05) is 13.7 Å². The summed E-state index contributed by atoms with van der Waals surface area (Å²) in [5.41, 5.74) is 1.18. The number of hydrogen-bond donors (Lipinski definition) is 0. The van der Waals surface area contributed by atoms with Gasteiger partial charge in [0.1, 0.15) is 11.6 Å². The summed E-state index contributed by atoms with van der Waals surface area (Å²) in [7, 11) is 1.27. The number of nitrogens with zero attached hydrogens (tertiary/aromatic N) is 1. The number of ether oxygens (including phenoxy) is 2. The van der Waals surface area contributed by atoms with E-state index in [9.17, 15) is 14.0 Å². The normalized spacial score (nSPS) is 16.3. The smallest absolute Gasteiger partial charge is 0.346 e. The molecule has 0 radical (unpaired) electrons. The Balaban J connectivity index is 1.94. The van der Waals surface area contributed by atoms with Gasteiger partial charge in [-0.1, -0.05) is 17.7 Å². The van der Waals surface area contributed by atoms with Gasteiger partial charge in [0.15, 0.2) is 6.10 Å². The number of methoxy groups -OCH3 is 1. The molecule has 7 heteroatoms. The van der Waals surface area contributed by atoms with Gasteiger partial charge in [0.05, 0.1) is 17.7 Å². The first kappa shape index (κ1) is 22.1. The van der Waals surface area contributed by atoms with E-state index in [1.165, 1.54) is 25.3 Å². The number of benzene rings is 2. The Kier molecular flexibility index (Phi) is 6.36. The second kappa shape index (κ2) is 8.64. The molecule has 0 unspecified atom stereocenters. The lowest BCUT2D eigenvalue weighted by Gasteiger charge is -2.32. The van der Waals surface area contributed by atoms with Crippen LogP contribution >= 0.6 is 11.6 Å². The van der Waals surface area contributed by atoms with E-state index in [0.29, 0.717) is 29.0 Å². The molecule has 2 aromatic rings. The molecule has 1 amide bonds. The van der Waals surface area contributed by atoms with Crippen molar-refractivity contribution in [2.45, 2.75) is 45.3 Å². The van der Waals surface area contributed by atoms with Crippen LogP contribution in [0.4, 0.5) is 4.39 Å². The largest absolute Gasteiger partial charge is 0.478 e. The van der Waals surface area contributed by atoms with Gasteiger partial charge in [0, 0.05) is 17.6 Å². The monoisotopic (exact) mass is 433 g/mol. The third-order valence-corrected chi connectivity index (χ3v) is 5.75. The van der Waals surface area contributed by atoms with Crippen LogP contribution in [0.15, 0.2) is 36.4 Å². The third kappa shape index (κ3) is 4.43. The molecule has 5 nitrogen and oxygen atoms in total. The predicted octanol–water partition coefficient (Wildman–Crippen LogP) is 5.10. The summed E-state index contributed by atoms with van der Waals surface area (Å²) in [6.45, 7) is 6.32. The molecular weight excluding hydrogens is 409 g/mol. The van der Waals surface area contributed by atoms with Crippen molar-refractivity contribution in [2.24, 2.45) is 0 Å². The minimum atomic E-state index is -0.868. The highest BCUT2D eigenvalue weighted by Gasteiger charge is 2.36. The standard InChI is InChI=1S/C23H25ClFNO4/c1-14(22(28)29-4)30-20-9-7-16(25)13-18(20)15-6-8-17(19(24)12-15)21(27)26-11-5-10-23(26,2)3/h6-9,12-14H,5,10-11H2,1-4H3/t14-/m0/s1. The van der Waals surface area contributed by atoms with Crippen molar-refractivity contribution in [3.63, 3.8) is 0 Å². The van der Waals surface area contributed by atoms with Gasteiger partial charge < -0.3 is 14.4 Å².